The first-order valence-corrected chi connectivity index (χ1v) is 5.13. The summed E-state index contributed by atoms with van der Waals surface area (Å²) in [5, 5.41) is 0. The molecule has 0 aromatic heterocycles. The van der Waals surface area contributed by atoms with Crippen LogP contribution in [0.5, 0.6) is 5.75 Å². The maximum atomic E-state index is 13.5. The van der Waals surface area contributed by atoms with Gasteiger partial charge in [0.2, 0.25) is 5.82 Å². The van der Waals surface area contributed by atoms with E-state index < -0.39 is 34.6 Å². The van der Waals surface area contributed by atoms with Gasteiger partial charge in [-0.1, -0.05) is 12.1 Å². The van der Waals surface area contributed by atoms with E-state index in [2.05, 4.69) is 0 Å². The molecule has 0 atom stereocenters. The summed E-state index contributed by atoms with van der Waals surface area (Å²) in [7, 11) is 1.38. The lowest BCUT2D eigenvalue weighted by Gasteiger charge is -2.09. The van der Waals surface area contributed by atoms with Crippen LogP contribution in [0, 0.1) is 29.1 Å². The van der Waals surface area contributed by atoms with E-state index in [0.717, 1.165) is 0 Å². The van der Waals surface area contributed by atoms with E-state index in [4.69, 9.17) is 4.74 Å². The van der Waals surface area contributed by atoms with Crippen molar-refractivity contribution >= 4 is 0 Å². The quantitative estimate of drug-likeness (QED) is 0.456. The first-order chi connectivity index (χ1) is 8.97. The van der Waals surface area contributed by atoms with Crippen LogP contribution in [0.3, 0.4) is 0 Å². The molecule has 0 unspecified atom stereocenters. The van der Waals surface area contributed by atoms with Crippen LogP contribution in [0.15, 0.2) is 24.3 Å². The number of hydrogen-bond acceptors (Lipinski definition) is 1. The topological polar surface area (TPSA) is 9.23 Å². The molecule has 0 N–H and O–H groups in total. The Morgan fingerprint density at radius 1 is 0.684 bits per heavy atom. The van der Waals surface area contributed by atoms with Crippen LogP contribution in [-0.2, 0) is 0 Å². The Balaban J connectivity index is 2.67. The maximum Gasteiger partial charge on any atom is 0.200 e. The van der Waals surface area contributed by atoms with Gasteiger partial charge in [0.1, 0.15) is 5.75 Å². The normalized spacial score (nSPS) is 10.6. The van der Waals surface area contributed by atoms with Gasteiger partial charge in [0, 0.05) is 0 Å². The van der Waals surface area contributed by atoms with E-state index in [1.54, 1.807) is 0 Å². The molecule has 19 heavy (non-hydrogen) atoms. The van der Waals surface area contributed by atoms with Gasteiger partial charge >= 0.3 is 0 Å². The molecule has 0 aliphatic rings. The second-order valence-corrected chi connectivity index (χ2v) is 3.67. The average molecular weight is 274 g/mol. The summed E-state index contributed by atoms with van der Waals surface area (Å²) in [6.45, 7) is 0. The minimum Gasteiger partial charge on any atom is -0.497 e. The van der Waals surface area contributed by atoms with Crippen LogP contribution in [0.25, 0.3) is 11.1 Å². The SMILES string of the molecule is COc1ccc(-c2c(F)c(F)c(F)c(F)c2F)cc1. The maximum absolute atomic E-state index is 13.5. The Morgan fingerprint density at radius 3 is 1.53 bits per heavy atom. The molecule has 0 amide bonds. The highest BCUT2D eigenvalue weighted by atomic mass is 19.2. The number of ether oxygens (including phenoxy) is 1. The van der Waals surface area contributed by atoms with Crippen LogP contribution in [0.4, 0.5) is 22.0 Å². The summed E-state index contributed by atoms with van der Waals surface area (Å²) in [4.78, 5) is 0. The van der Waals surface area contributed by atoms with E-state index >= 15 is 0 Å². The largest absolute Gasteiger partial charge is 0.497 e. The smallest absolute Gasteiger partial charge is 0.200 e. The van der Waals surface area contributed by atoms with Crippen molar-refractivity contribution in [3.05, 3.63) is 53.4 Å². The van der Waals surface area contributed by atoms with Gasteiger partial charge in [0.25, 0.3) is 0 Å². The van der Waals surface area contributed by atoms with Crippen LogP contribution in [-0.4, -0.2) is 7.11 Å². The molecule has 2 aromatic rings. The molecule has 0 bridgehead atoms. The molecule has 6 heteroatoms. The Labute approximate surface area is 105 Å². The Hall–Kier alpha value is -2.11. The molecule has 0 saturated heterocycles. The lowest BCUT2D eigenvalue weighted by Crippen LogP contribution is -2.03. The van der Waals surface area contributed by atoms with Crippen molar-refractivity contribution in [2.45, 2.75) is 0 Å². The average Bonchev–Trinajstić information content (AvgIpc) is 2.44. The molecule has 0 aliphatic heterocycles. The molecule has 0 spiro atoms. The van der Waals surface area contributed by atoms with Crippen molar-refractivity contribution in [2.75, 3.05) is 7.11 Å². The van der Waals surface area contributed by atoms with Crippen LogP contribution in [0.2, 0.25) is 0 Å². The van der Waals surface area contributed by atoms with Crippen molar-refractivity contribution < 1.29 is 26.7 Å². The highest BCUT2D eigenvalue weighted by molar-refractivity contribution is 5.66. The zero-order chi connectivity index (χ0) is 14.2. The van der Waals surface area contributed by atoms with Crippen molar-refractivity contribution in [1.82, 2.24) is 0 Å². The fourth-order valence-corrected chi connectivity index (χ4v) is 1.62. The molecule has 0 aliphatic carbocycles. The minimum atomic E-state index is -2.17. The van der Waals surface area contributed by atoms with E-state index in [1.807, 2.05) is 0 Å². The second kappa shape index (κ2) is 4.87. The van der Waals surface area contributed by atoms with Crippen molar-refractivity contribution in [1.29, 1.82) is 0 Å². The summed E-state index contributed by atoms with van der Waals surface area (Å²) >= 11 is 0. The van der Waals surface area contributed by atoms with Gasteiger partial charge in [0.15, 0.2) is 23.3 Å². The number of benzene rings is 2. The van der Waals surface area contributed by atoms with Gasteiger partial charge in [0.05, 0.1) is 12.7 Å². The highest BCUT2D eigenvalue weighted by Gasteiger charge is 2.26. The molecule has 1 nitrogen and oxygen atoms in total. The van der Waals surface area contributed by atoms with Crippen molar-refractivity contribution in [3.8, 4) is 16.9 Å². The van der Waals surface area contributed by atoms with E-state index in [-0.39, 0.29) is 5.56 Å². The molecular formula is C13H7F5O. The molecule has 2 rings (SSSR count). The summed E-state index contributed by atoms with van der Waals surface area (Å²) < 4.78 is 70.9. The summed E-state index contributed by atoms with van der Waals surface area (Å²) in [6.07, 6.45) is 0. The number of rotatable bonds is 2. The Morgan fingerprint density at radius 2 is 1.11 bits per heavy atom. The lowest BCUT2D eigenvalue weighted by molar-refractivity contribution is 0.381. The Bertz CT molecular complexity index is 593. The van der Waals surface area contributed by atoms with Gasteiger partial charge in [-0.25, -0.2) is 22.0 Å². The lowest BCUT2D eigenvalue weighted by atomic mass is 10.0. The number of hydrogen-bond donors (Lipinski definition) is 0. The highest BCUT2D eigenvalue weighted by Crippen LogP contribution is 2.32. The Kier molecular flexibility index (Phi) is 3.42. The molecule has 0 heterocycles. The molecule has 100 valence electrons. The van der Waals surface area contributed by atoms with E-state index in [9.17, 15) is 22.0 Å². The molecule has 0 fully saturated rings. The van der Waals surface area contributed by atoms with E-state index in [0.29, 0.717) is 5.75 Å². The predicted octanol–water partition coefficient (Wildman–Crippen LogP) is 4.06. The standard InChI is InChI=1S/C13H7F5O/c1-19-7-4-2-6(3-5-7)8-9(14)11(16)13(18)12(17)10(8)15/h2-5H,1H3. The first-order valence-electron chi connectivity index (χ1n) is 5.13. The van der Waals surface area contributed by atoms with Crippen molar-refractivity contribution in [2.24, 2.45) is 0 Å². The fourth-order valence-electron chi connectivity index (χ4n) is 1.62. The van der Waals surface area contributed by atoms with Crippen LogP contribution < -0.4 is 4.74 Å². The monoisotopic (exact) mass is 274 g/mol. The molecule has 2 aromatic carbocycles. The third kappa shape index (κ3) is 2.14. The van der Waals surface area contributed by atoms with E-state index in [1.165, 1.54) is 31.4 Å². The fraction of sp³-hybridized carbons (Fsp3) is 0.0769. The zero-order valence-electron chi connectivity index (χ0n) is 9.61. The van der Waals surface area contributed by atoms with Gasteiger partial charge in [-0.3, -0.25) is 0 Å². The minimum absolute atomic E-state index is 0.131. The zero-order valence-corrected chi connectivity index (χ0v) is 9.61. The summed E-state index contributed by atoms with van der Waals surface area (Å²) in [5.41, 5.74) is -1.09. The van der Waals surface area contributed by atoms with Crippen molar-refractivity contribution in [3.63, 3.8) is 0 Å². The number of halogens is 5. The van der Waals surface area contributed by atoms with Gasteiger partial charge in [-0.15, -0.1) is 0 Å². The second-order valence-electron chi connectivity index (χ2n) is 3.67. The molecular weight excluding hydrogens is 267 g/mol. The molecule has 0 radical (unpaired) electrons. The summed E-state index contributed by atoms with van der Waals surface area (Å²) in [6, 6.07) is 5.12. The van der Waals surface area contributed by atoms with Gasteiger partial charge in [-0.2, -0.15) is 0 Å². The van der Waals surface area contributed by atoms with Gasteiger partial charge < -0.3 is 4.74 Å². The summed E-state index contributed by atoms with van der Waals surface area (Å²) in [5.74, 6) is -9.43. The third-order valence-electron chi connectivity index (χ3n) is 2.59. The first kappa shape index (κ1) is 13.3. The van der Waals surface area contributed by atoms with Crippen LogP contribution in [0.1, 0.15) is 0 Å². The van der Waals surface area contributed by atoms with Crippen LogP contribution >= 0.6 is 0 Å². The molecule has 0 saturated carbocycles. The number of methoxy groups -OCH3 is 1. The third-order valence-corrected chi connectivity index (χ3v) is 2.59. The predicted molar refractivity (Wildman–Crippen MR) is 58.2 cm³/mol. The van der Waals surface area contributed by atoms with Gasteiger partial charge in [-0.05, 0) is 17.7 Å².